The van der Waals surface area contributed by atoms with Gasteiger partial charge in [-0.3, -0.25) is 0 Å². The van der Waals surface area contributed by atoms with Crippen LogP contribution in [0, 0.1) is 5.92 Å². The Morgan fingerprint density at radius 3 is 2.89 bits per heavy atom. The third-order valence-corrected chi connectivity index (χ3v) is 4.34. The zero-order valence-electron chi connectivity index (χ0n) is 11.5. The Morgan fingerprint density at radius 2 is 2.21 bits per heavy atom. The van der Waals surface area contributed by atoms with Gasteiger partial charge in [0.05, 0.1) is 5.39 Å². The van der Waals surface area contributed by atoms with E-state index in [-0.39, 0.29) is 0 Å². The highest BCUT2D eigenvalue weighted by Crippen LogP contribution is 2.36. The summed E-state index contributed by atoms with van der Waals surface area (Å²) in [6, 6.07) is 2.76. The fourth-order valence-electron chi connectivity index (χ4n) is 2.32. The van der Waals surface area contributed by atoms with Crippen LogP contribution < -0.4 is 10.6 Å². The van der Waals surface area contributed by atoms with Gasteiger partial charge in [-0.2, -0.15) is 4.98 Å². The summed E-state index contributed by atoms with van der Waals surface area (Å²) in [6.07, 6.45) is 3.73. The summed E-state index contributed by atoms with van der Waals surface area (Å²) in [6.45, 7) is 5.59. The fraction of sp³-hybridized carbons (Fsp3) is 0.571. The first-order valence-electron chi connectivity index (χ1n) is 6.92. The van der Waals surface area contributed by atoms with Crippen molar-refractivity contribution in [1.29, 1.82) is 0 Å². The molecule has 0 aromatic carbocycles. The van der Waals surface area contributed by atoms with Crippen LogP contribution in [0.5, 0.6) is 0 Å². The number of rotatable bonds is 5. The first-order valence-corrected chi connectivity index (χ1v) is 7.80. The van der Waals surface area contributed by atoms with Gasteiger partial charge < -0.3 is 10.6 Å². The minimum absolute atomic E-state index is 0.389. The van der Waals surface area contributed by atoms with Gasteiger partial charge in [0.1, 0.15) is 10.6 Å². The van der Waals surface area contributed by atoms with E-state index in [2.05, 4.69) is 40.2 Å². The minimum atomic E-state index is 0.389. The number of nitrogens with zero attached hydrogens (tertiary/aromatic N) is 3. The van der Waals surface area contributed by atoms with Crippen molar-refractivity contribution in [3.63, 3.8) is 0 Å². The molecule has 19 heavy (non-hydrogen) atoms. The molecule has 0 spiro atoms. The largest absolute Gasteiger partial charge is 0.368 e. The summed E-state index contributed by atoms with van der Waals surface area (Å²) in [5.74, 6) is 2.13. The van der Waals surface area contributed by atoms with Crippen molar-refractivity contribution in [2.45, 2.75) is 39.2 Å². The highest BCUT2D eigenvalue weighted by atomic mass is 32.1. The van der Waals surface area contributed by atoms with Gasteiger partial charge >= 0.3 is 0 Å². The number of thiophene rings is 1. The van der Waals surface area contributed by atoms with Crippen LogP contribution in [0.25, 0.3) is 10.2 Å². The maximum absolute atomic E-state index is 5.86. The van der Waals surface area contributed by atoms with E-state index in [1.807, 2.05) is 0 Å². The molecular weight excluding hydrogens is 256 g/mol. The third kappa shape index (κ3) is 2.66. The molecule has 102 valence electrons. The maximum atomic E-state index is 5.86. The smallest absolute Gasteiger partial charge is 0.223 e. The zero-order chi connectivity index (χ0) is 13.4. The normalized spacial score (nSPS) is 15.3. The molecule has 2 N–H and O–H groups in total. The van der Waals surface area contributed by atoms with Crippen LogP contribution in [0.1, 0.15) is 33.1 Å². The molecule has 0 atom stereocenters. The molecule has 1 fully saturated rings. The van der Waals surface area contributed by atoms with E-state index in [4.69, 9.17) is 5.73 Å². The van der Waals surface area contributed by atoms with Crippen molar-refractivity contribution in [3.8, 4) is 0 Å². The van der Waals surface area contributed by atoms with Crippen molar-refractivity contribution >= 4 is 33.3 Å². The number of hydrogen-bond acceptors (Lipinski definition) is 5. The predicted molar refractivity (Wildman–Crippen MR) is 81.7 cm³/mol. The molecule has 3 rings (SSSR count). The number of hydrogen-bond donors (Lipinski definition) is 1. The quantitative estimate of drug-likeness (QED) is 0.910. The van der Waals surface area contributed by atoms with Gasteiger partial charge in [0.2, 0.25) is 5.95 Å². The van der Waals surface area contributed by atoms with Gasteiger partial charge in [-0.05, 0) is 36.6 Å². The van der Waals surface area contributed by atoms with Crippen LogP contribution in [-0.4, -0.2) is 22.6 Å². The van der Waals surface area contributed by atoms with E-state index in [0.717, 1.165) is 22.6 Å². The summed E-state index contributed by atoms with van der Waals surface area (Å²) in [4.78, 5) is 12.3. The third-order valence-electron chi connectivity index (χ3n) is 3.53. The SMILES string of the molecule is CC(C)CCN(c1nc(N)nc2sccc12)C1CC1. The Balaban J connectivity index is 1.96. The van der Waals surface area contributed by atoms with Crippen LogP contribution in [0.4, 0.5) is 11.8 Å². The minimum Gasteiger partial charge on any atom is -0.368 e. The Labute approximate surface area is 117 Å². The first-order chi connectivity index (χ1) is 9.15. The van der Waals surface area contributed by atoms with Crippen LogP contribution in [0.3, 0.4) is 0 Å². The van der Waals surface area contributed by atoms with Crippen molar-refractivity contribution < 1.29 is 0 Å². The molecular formula is C14H20N4S. The number of fused-ring (bicyclic) bond motifs is 1. The monoisotopic (exact) mass is 276 g/mol. The van der Waals surface area contributed by atoms with Crippen molar-refractivity contribution in [2.24, 2.45) is 5.92 Å². The van der Waals surface area contributed by atoms with Gasteiger partial charge in [0, 0.05) is 12.6 Å². The lowest BCUT2D eigenvalue weighted by atomic mass is 10.1. The lowest BCUT2D eigenvalue weighted by Crippen LogP contribution is -2.29. The second-order valence-corrected chi connectivity index (χ2v) is 6.55. The molecule has 2 aromatic heterocycles. The van der Waals surface area contributed by atoms with E-state index >= 15 is 0 Å². The van der Waals surface area contributed by atoms with Gasteiger partial charge in [0.25, 0.3) is 0 Å². The molecule has 2 heterocycles. The Kier molecular flexibility index (Phi) is 3.31. The highest BCUT2D eigenvalue weighted by molar-refractivity contribution is 7.16. The van der Waals surface area contributed by atoms with Crippen LogP contribution >= 0.6 is 11.3 Å². The Hall–Kier alpha value is -1.36. The molecule has 5 heteroatoms. The van der Waals surface area contributed by atoms with Crippen molar-refractivity contribution in [3.05, 3.63) is 11.4 Å². The lowest BCUT2D eigenvalue weighted by molar-refractivity contribution is 0.569. The molecule has 0 bridgehead atoms. The molecule has 0 aliphatic heterocycles. The van der Waals surface area contributed by atoms with E-state index in [0.29, 0.717) is 17.9 Å². The first kappa shape index (κ1) is 12.7. The van der Waals surface area contributed by atoms with Crippen LogP contribution in [-0.2, 0) is 0 Å². The average molecular weight is 276 g/mol. The summed E-state index contributed by atoms with van der Waals surface area (Å²) in [5.41, 5.74) is 5.86. The maximum Gasteiger partial charge on any atom is 0.223 e. The average Bonchev–Trinajstić information content (AvgIpc) is 3.07. The second-order valence-electron chi connectivity index (χ2n) is 5.65. The molecule has 1 aliphatic carbocycles. The standard InChI is InChI=1S/C14H20N4S/c1-9(2)5-7-18(10-3-4-10)12-11-6-8-19-13(11)17-14(15)16-12/h6,8-10H,3-5,7H2,1-2H3,(H2,15,16,17). The number of aromatic nitrogens is 2. The molecule has 1 saturated carbocycles. The summed E-state index contributed by atoms with van der Waals surface area (Å²) >= 11 is 1.63. The van der Waals surface area contributed by atoms with Gasteiger partial charge in [-0.15, -0.1) is 11.3 Å². The molecule has 1 aliphatic rings. The van der Waals surface area contributed by atoms with E-state index < -0.39 is 0 Å². The summed E-state index contributed by atoms with van der Waals surface area (Å²) < 4.78 is 0. The molecule has 4 nitrogen and oxygen atoms in total. The van der Waals surface area contributed by atoms with Gasteiger partial charge in [0.15, 0.2) is 0 Å². The number of nitrogen functional groups attached to an aromatic ring is 1. The number of anilines is 2. The zero-order valence-corrected chi connectivity index (χ0v) is 12.3. The molecule has 0 unspecified atom stereocenters. The molecule has 2 aromatic rings. The molecule has 0 saturated heterocycles. The van der Waals surface area contributed by atoms with E-state index in [9.17, 15) is 0 Å². The molecule has 0 amide bonds. The van der Waals surface area contributed by atoms with E-state index in [1.54, 1.807) is 11.3 Å². The topological polar surface area (TPSA) is 55.0 Å². The highest BCUT2D eigenvalue weighted by Gasteiger charge is 2.31. The number of nitrogens with two attached hydrogens (primary N) is 1. The Morgan fingerprint density at radius 1 is 1.42 bits per heavy atom. The predicted octanol–water partition coefficient (Wildman–Crippen LogP) is 3.29. The summed E-state index contributed by atoms with van der Waals surface area (Å²) in [5, 5.41) is 3.21. The molecule has 0 radical (unpaired) electrons. The lowest BCUT2D eigenvalue weighted by Gasteiger charge is -2.25. The van der Waals surface area contributed by atoms with Crippen LogP contribution in [0.15, 0.2) is 11.4 Å². The summed E-state index contributed by atoms with van der Waals surface area (Å²) in [7, 11) is 0. The second kappa shape index (κ2) is 4.96. The van der Waals surface area contributed by atoms with Crippen LogP contribution in [0.2, 0.25) is 0 Å². The fourth-order valence-corrected chi connectivity index (χ4v) is 3.09. The van der Waals surface area contributed by atoms with Crippen molar-refractivity contribution in [2.75, 3.05) is 17.2 Å². The Bertz CT molecular complexity index is 574. The van der Waals surface area contributed by atoms with Gasteiger partial charge in [-0.25, -0.2) is 4.98 Å². The van der Waals surface area contributed by atoms with E-state index in [1.165, 1.54) is 19.3 Å². The van der Waals surface area contributed by atoms with Gasteiger partial charge in [-0.1, -0.05) is 13.8 Å². The van der Waals surface area contributed by atoms with Crippen molar-refractivity contribution in [1.82, 2.24) is 9.97 Å².